The van der Waals surface area contributed by atoms with Gasteiger partial charge in [-0.1, -0.05) is 0 Å². The lowest BCUT2D eigenvalue weighted by molar-refractivity contribution is 0.0999. The van der Waals surface area contributed by atoms with Crippen molar-refractivity contribution in [3.05, 3.63) is 32.9 Å². The number of aryl methyl sites for hydroxylation is 1. The minimum atomic E-state index is -0.697. The smallest absolute Gasteiger partial charge is 0.254 e. The zero-order valence-corrected chi connectivity index (χ0v) is 10.8. The van der Waals surface area contributed by atoms with Gasteiger partial charge in [0.1, 0.15) is 10.4 Å². The molecule has 0 radical (unpaired) electrons. The number of rotatable bonds is 3. The van der Waals surface area contributed by atoms with Gasteiger partial charge >= 0.3 is 0 Å². The highest BCUT2D eigenvalue weighted by Gasteiger charge is 2.14. The summed E-state index contributed by atoms with van der Waals surface area (Å²) >= 11 is 7.22. The number of thiophene rings is 1. The summed E-state index contributed by atoms with van der Waals surface area (Å²) in [5.41, 5.74) is 4.90. The molecule has 17 heavy (non-hydrogen) atoms. The molecule has 2 heterocycles. The van der Waals surface area contributed by atoms with E-state index in [-0.39, 0.29) is 11.0 Å². The Morgan fingerprint density at radius 3 is 2.82 bits per heavy atom. The normalized spacial score (nSPS) is 10.9. The number of fused-ring (bicyclic) bond motifs is 1. The summed E-state index contributed by atoms with van der Waals surface area (Å²) in [7, 11) is 0. The van der Waals surface area contributed by atoms with Gasteiger partial charge in [0.05, 0.1) is 11.3 Å². The van der Waals surface area contributed by atoms with E-state index >= 15 is 0 Å². The standard InChI is InChI=1S/C11H11ClN2O2S/c1-2-14-5-8(10(13)16)9(15)7-3-6(4-12)17-11(7)14/h3,5H,2,4H2,1H3,(H2,13,16). The Morgan fingerprint density at radius 1 is 1.59 bits per heavy atom. The molecule has 0 unspecified atom stereocenters. The highest BCUT2D eigenvalue weighted by atomic mass is 35.5. The van der Waals surface area contributed by atoms with Gasteiger partial charge in [-0.2, -0.15) is 0 Å². The highest BCUT2D eigenvalue weighted by Crippen LogP contribution is 2.25. The fourth-order valence-electron chi connectivity index (χ4n) is 1.70. The van der Waals surface area contributed by atoms with E-state index in [4.69, 9.17) is 17.3 Å². The fraction of sp³-hybridized carbons (Fsp3) is 0.273. The first-order chi connectivity index (χ1) is 8.08. The SMILES string of the molecule is CCn1cc(C(N)=O)c(=O)c2cc(CCl)sc21. The van der Waals surface area contributed by atoms with Gasteiger partial charge in [-0.15, -0.1) is 22.9 Å². The zero-order valence-electron chi connectivity index (χ0n) is 9.20. The van der Waals surface area contributed by atoms with Gasteiger partial charge in [0.25, 0.3) is 5.91 Å². The molecule has 0 atom stereocenters. The van der Waals surface area contributed by atoms with Gasteiger partial charge in [-0.05, 0) is 13.0 Å². The molecule has 90 valence electrons. The Hall–Kier alpha value is -1.33. The van der Waals surface area contributed by atoms with Crippen molar-refractivity contribution in [2.75, 3.05) is 0 Å². The van der Waals surface area contributed by atoms with Crippen molar-refractivity contribution in [1.82, 2.24) is 4.57 Å². The molecule has 0 fully saturated rings. The Morgan fingerprint density at radius 2 is 2.29 bits per heavy atom. The van der Waals surface area contributed by atoms with E-state index in [1.165, 1.54) is 17.5 Å². The number of pyridine rings is 1. The Bertz CT molecular complexity index is 645. The highest BCUT2D eigenvalue weighted by molar-refractivity contribution is 7.18. The van der Waals surface area contributed by atoms with Gasteiger partial charge in [0.2, 0.25) is 5.43 Å². The molecule has 0 spiro atoms. The maximum atomic E-state index is 12.0. The van der Waals surface area contributed by atoms with Crippen LogP contribution in [-0.4, -0.2) is 10.5 Å². The molecule has 2 aromatic rings. The number of nitrogens with two attached hydrogens (primary N) is 1. The van der Waals surface area contributed by atoms with Crippen molar-refractivity contribution in [3.63, 3.8) is 0 Å². The molecule has 2 N–H and O–H groups in total. The first-order valence-electron chi connectivity index (χ1n) is 5.10. The Balaban J connectivity index is 2.87. The lowest BCUT2D eigenvalue weighted by atomic mass is 10.2. The molecule has 2 aromatic heterocycles. The van der Waals surface area contributed by atoms with Crippen LogP contribution >= 0.6 is 22.9 Å². The lowest BCUT2D eigenvalue weighted by Gasteiger charge is -2.06. The van der Waals surface area contributed by atoms with Gasteiger partial charge in [0, 0.05) is 17.6 Å². The number of halogens is 1. The van der Waals surface area contributed by atoms with Crippen LogP contribution in [0.1, 0.15) is 22.2 Å². The predicted molar refractivity (Wildman–Crippen MR) is 69.8 cm³/mol. The van der Waals surface area contributed by atoms with E-state index in [2.05, 4.69) is 0 Å². The van der Waals surface area contributed by atoms with Crippen molar-refractivity contribution in [2.24, 2.45) is 5.73 Å². The molecule has 0 aliphatic carbocycles. The minimum absolute atomic E-state index is 0.0262. The van der Waals surface area contributed by atoms with Crippen LogP contribution in [0.15, 0.2) is 17.1 Å². The van der Waals surface area contributed by atoms with Crippen molar-refractivity contribution in [3.8, 4) is 0 Å². The average Bonchev–Trinajstić information content (AvgIpc) is 2.74. The summed E-state index contributed by atoms with van der Waals surface area (Å²) in [6, 6.07) is 1.73. The average molecular weight is 271 g/mol. The molecule has 2 rings (SSSR count). The monoisotopic (exact) mass is 270 g/mol. The van der Waals surface area contributed by atoms with Crippen LogP contribution in [0.5, 0.6) is 0 Å². The van der Waals surface area contributed by atoms with Crippen molar-refractivity contribution in [1.29, 1.82) is 0 Å². The van der Waals surface area contributed by atoms with Crippen LogP contribution in [-0.2, 0) is 12.4 Å². The molecule has 4 nitrogen and oxygen atoms in total. The van der Waals surface area contributed by atoms with E-state index in [0.717, 1.165) is 9.71 Å². The molecule has 0 bridgehead atoms. The van der Waals surface area contributed by atoms with Crippen molar-refractivity contribution >= 4 is 39.1 Å². The molecular weight excluding hydrogens is 260 g/mol. The van der Waals surface area contributed by atoms with Crippen molar-refractivity contribution in [2.45, 2.75) is 19.3 Å². The van der Waals surface area contributed by atoms with Crippen molar-refractivity contribution < 1.29 is 4.79 Å². The third-order valence-corrected chi connectivity index (χ3v) is 4.15. The molecule has 1 amide bonds. The summed E-state index contributed by atoms with van der Waals surface area (Å²) in [5.74, 6) is -0.341. The zero-order chi connectivity index (χ0) is 12.6. The third kappa shape index (κ3) is 1.96. The van der Waals surface area contributed by atoms with E-state index in [0.29, 0.717) is 17.8 Å². The molecule has 0 aliphatic heterocycles. The quantitative estimate of drug-likeness (QED) is 0.866. The van der Waals surface area contributed by atoms with E-state index in [1.807, 2.05) is 11.5 Å². The summed E-state index contributed by atoms with van der Waals surface area (Å²) in [4.78, 5) is 24.9. The Labute approximate surface area is 107 Å². The summed E-state index contributed by atoms with van der Waals surface area (Å²) in [6.07, 6.45) is 1.52. The van der Waals surface area contributed by atoms with Crippen LogP contribution in [0.2, 0.25) is 0 Å². The maximum absolute atomic E-state index is 12.0. The first-order valence-corrected chi connectivity index (χ1v) is 6.45. The summed E-state index contributed by atoms with van der Waals surface area (Å²) in [5, 5.41) is 0.517. The van der Waals surface area contributed by atoms with Crippen LogP contribution in [0.4, 0.5) is 0 Å². The number of nitrogens with zero attached hydrogens (tertiary/aromatic N) is 1. The van der Waals surface area contributed by atoms with Gasteiger partial charge < -0.3 is 10.3 Å². The first kappa shape index (κ1) is 12.1. The van der Waals surface area contributed by atoms with Gasteiger partial charge in [-0.25, -0.2) is 0 Å². The molecule has 0 saturated carbocycles. The number of hydrogen-bond acceptors (Lipinski definition) is 3. The van der Waals surface area contributed by atoms with E-state index in [1.54, 1.807) is 6.07 Å². The summed E-state index contributed by atoms with van der Waals surface area (Å²) in [6.45, 7) is 2.61. The number of alkyl halides is 1. The number of carbonyl (C=O) groups is 1. The number of hydrogen-bond donors (Lipinski definition) is 1. The molecular formula is C11H11ClN2O2S. The fourth-order valence-corrected chi connectivity index (χ4v) is 2.98. The van der Waals surface area contributed by atoms with Gasteiger partial charge in [-0.3, -0.25) is 9.59 Å². The predicted octanol–water partition coefficient (Wildman–Crippen LogP) is 1.92. The van der Waals surface area contributed by atoms with E-state index in [9.17, 15) is 9.59 Å². The lowest BCUT2D eigenvalue weighted by Crippen LogP contribution is -2.23. The minimum Gasteiger partial charge on any atom is -0.365 e. The van der Waals surface area contributed by atoms with Crippen LogP contribution in [0, 0.1) is 0 Å². The van der Waals surface area contributed by atoms with Crippen LogP contribution in [0.25, 0.3) is 10.2 Å². The molecule has 0 saturated heterocycles. The van der Waals surface area contributed by atoms with Gasteiger partial charge in [0.15, 0.2) is 0 Å². The number of aromatic nitrogens is 1. The van der Waals surface area contributed by atoms with E-state index < -0.39 is 5.91 Å². The second-order valence-corrected chi connectivity index (χ2v) is 4.97. The van der Waals surface area contributed by atoms with Crippen LogP contribution < -0.4 is 11.2 Å². The maximum Gasteiger partial charge on any atom is 0.254 e. The molecule has 0 aliphatic rings. The Kier molecular flexibility index (Phi) is 3.22. The second kappa shape index (κ2) is 4.50. The third-order valence-electron chi connectivity index (χ3n) is 2.54. The number of carbonyl (C=O) groups excluding carboxylic acids is 1. The largest absolute Gasteiger partial charge is 0.365 e. The number of primary amides is 1. The van der Waals surface area contributed by atoms with Crippen LogP contribution in [0.3, 0.4) is 0 Å². The number of amides is 1. The molecule has 6 heteroatoms. The second-order valence-electron chi connectivity index (χ2n) is 3.59. The molecule has 0 aromatic carbocycles. The topological polar surface area (TPSA) is 65.1 Å². The summed E-state index contributed by atoms with van der Waals surface area (Å²) < 4.78 is 1.84.